The van der Waals surface area contributed by atoms with Crippen LogP contribution < -0.4 is 5.73 Å². The maximum atomic E-state index is 12.6. The Morgan fingerprint density at radius 3 is 1.57 bits per heavy atom. The molecule has 2 N–H and O–H groups in total. The number of esters is 1. The first-order valence-corrected chi connectivity index (χ1v) is 18.0. The number of hydrogen-bond donors (Lipinski definition) is 1. The van der Waals surface area contributed by atoms with Crippen LogP contribution in [0, 0.1) is 0 Å². The Morgan fingerprint density at radius 1 is 0.643 bits per heavy atom. The highest BCUT2D eigenvalue weighted by Gasteiger charge is 2.14. The van der Waals surface area contributed by atoms with Crippen LogP contribution in [0.15, 0.2) is 0 Å². The van der Waals surface area contributed by atoms with E-state index in [2.05, 4.69) is 23.5 Å². The minimum atomic E-state index is 0.0273. The molecule has 0 aromatic heterocycles. The lowest BCUT2D eigenvalue weighted by Crippen LogP contribution is -2.28. The van der Waals surface area contributed by atoms with Gasteiger partial charge in [-0.15, -0.1) is 0 Å². The quantitative estimate of drug-likeness (QED) is 0.0472. The van der Waals surface area contributed by atoms with Crippen molar-refractivity contribution in [1.29, 1.82) is 0 Å². The second-order valence-electron chi connectivity index (χ2n) is 12.2. The number of ether oxygens (including phenoxy) is 2. The van der Waals surface area contributed by atoms with Gasteiger partial charge in [0.05, 0.1) is 0 Å². The van der Waals surface area contributed by atoms with Gasteiger partial charge in [0.2, 0.25) is 0 Å². The third-order valence-corrected chi connectivity index (χ3v) is 7.89. The molecule has 42 heavy (non-hydrogen) atoms. The minimum absolute atomic E-state index is 0.0273. The van der Waals surface area contributed by atoms with Gasteiger partial charge in [-0.2, -0.15) is 0 Å². The Hall–Kier alpha value is -0.980. The average molecular weight is 599 g/mol. The summed E-state index contributed by atoms with van der Waals surface area (Å²) >= 11 is 0. The molecule has 0 aliphatic carbocycles. The highest BCUT2D eigenvalue weighted by atomic mass is 16.5. The molecule has 0 aliphatic heterocycles. The fourth-order valence-electron chi connectivity index (χ4n) is 5.34. The zero-order valence-corrected chi connectivity index (χ0v) is 28.8. The third-order valence-electron chi connectivity index (χ3n) is 7.89. The molecular weight excluding hydrogens is 524 g/mol. The largest absolute Gasteiger partial charge is 0.462 e. The number of hydrogen-bond acceptors (Lipinski definition) is 6. The second kappa shape index (κ2) is 38.0. The van der Waals surface area contributed by atoms with E-state index in [4.69, 9.17) is 10.5 Å². The van der Waals surface area contributed by atoms with Crippen molar-refractivity contribution in [1.82, 2.24) is 4.90 Å². The lowest BCUT2D eigenvalue weighted by atomic mass is 10.0. The molecule has 6 heteroatoms. The first-order chi connectivity index (χ1) is 20.6. The molecule has 6 nitrogen and oxygen atoms in total. The molecule has 0 radical (unpaired) electrons. The molecule has 0 saturated carbocycles. The summed E-state index contributed by atoms with van der Waals surface area (Å²) in [5, 5.41) is 0. The summed E-state index contributed by atoms with van der Waals surface area (Å²) < 4.78 is 10.2. The number of rotatable bonds is 32. The van der Waals surface area contributed by atoms with Gasteiger partial charge in [-0.3, -0.25) is 4.79 Å². The van der Waals surface area contributed by atoms with Crippen LogP contribution in [0.4, 0.5) is 0 Å². The zero-order valence-electron chi connectivity index (χ0n) is 28.8. The first kappa shape index (κ1) is 43.1. The van der Waals surface area contributed by atoms with E-state index in [9.17, 15) is 9.59 Å². The van der Waals surface area contributed by atoms with Crippen molar-refractivity contribution in [2.75, 3.05) is 40.4 Å². The highest BCUT2D eigenvalue weighted by Crippen LogP contribution is 2.18. The summed E-state index contributed by atoms with van der Waals surface area (Å²) in [6.45, 7) is 8.59. The van der Waals surface area contributed by atoms with Crippen molar-refractivity contribution in [3.8, 4) is 0 Å². The molecule has 0 bridgehead atoms. The summed E-state index contributed by atoms with van der Waals surface area (Å²) in [7, 11) is 3.25. The third kappa shape index (κ3) is 35.2. The molecule has 0 heterocycles. The van der Waals surface area contributed by atoms with E-state index in [1.807, 2.05) is 0 Å². The lowest BCUT2D eigenvalue weighted by molar-refractivity contribution is -0.150. The molecule has 0 aromatic carbocycles. The van der Waals surface area contributed by atoms with Crippen molar-refractivity contribution in [2.45, 2.75) is 180 Å². The Bertz CT molecular complexity index is 517. The van der Waals surface area contributed by atoms with Crippen molar-refractivity contribution in [3.63, 3.8) is 0 Å². The molecule has 0 spiro atoms. The van der Waals surface area contributed by atoms with E-state index in [0.29, 0.717) is 12.8 Å². The number of carbonyl (C=O) groups is 2. The van der Waals surface area contributed by atoms with Gasteiger partial charge in [0.25, 0.3) is 0 Å². The van der Waals surface area contributed by atoms with Crippen molar-refractivity contribution in [3.05, 3.63) is 0 Å². The molecule has 0 amide bonds. The van der Waals surface area contributed by atoms with E-state index in [1.165, 1.54) is 103 Å². The van der Waals surface area contributed by atoms with E-state index >= 15 is 0 Å². The van der Waals surface area contributed by atoms with Crippen LogP contribution in [0.2, 0.25) is 0 Å². The summed E-state index contributed by atoms with van der Waals surface area (Å²) in [4.78, 5) is 25.6. The minimum Gasteiger partial charge on any atom is -0.462 e. The van der Waals surface area contributed by atoms with Crippen LogP contribution in [0.25, 0.3) is 0 Å². The van der Waals surface area contributed by atoms with Gasteiger partial charge in [0.15, 0.2) is 0 Å². The maximum Gasteiger partial charge on any atom is 0.306 e. The molecule has 0 unspecified atom stereocenters. The number of aldehydes is 1. The number of unbranched alkanes of at least 4 members (excludes halogenated alkanes) is 17. The maximum absolute atomic E-state index is 12.6. The smallest absolute Gasteiger partial charge is 0.306 e. The fraction of sp³-hybridized carbons (Fsp3) is 0.944. The first-order valence-electron chi connectivity index (χ1n) is 18.0. The summed E-state index contributed by atoms with van der Waals surface area (Å²) in [6.07, 6.45) is 30.1. The van der Waals surface area contributed by atoms with Crippen LogP contribution in [-0.4, -0.2) is 63.7 Å². The normalized spacial score (nSPS) is 11.1. The second-order valence-corrected chi connectivity index (χ2v) is 12.2. The molecule has 0 atom stereocenters. The number of methoxy groups -OCH3 is 1. The van der Waals surface area contributed by atoms with E-state index in [1.54, 1.807) is 14.2 Å². The van der Waals surface area contributed by atoms with Crippen molar-refractivity contribution in [2.24, 2.45) is 5.73 Å². The Morgan fingerprint density at radius 2 is 1.07 bits per heavy atom. The summed E-state index contributed by atoms with van der Waals surface area (Å²) in [5.74, 6) is 0.0273. The average Bonchev–Trinajstić information content (AvgIpc) is 2.98. The van der Waals surface area contributed by atoms with Gasteiger partial charge >= 0.3 is 5.97 Å². The van der Waals surface area contributed by atoms with Gasteiger partial charge in [0, 0.05) is 27.1 Å². The number of nitrogens with zero attached hydrogens (tertiary/aromatic N) is 1. The van der Waals surface area contributed by atoms with Crippen molar-refractivity contribution >= 4 is 12.3 Å². The standard InChI is InChI=1S/C34H68N2O3.C2H6O/c1-3-5-7-9-12-18-25-33(26-19-13-10-8-6-4-2)39-34(38)27-20-14-11-15-21-29-36(31-24-28-35)30-22-16-17-23-32-37;1-3-2/h32-33H,3-31,35H2,1-2H3;1-2H3. The van der Waals surface area contributed by atoms with Crippen LogP contribution in [0.3, 0.4) is 0 Å². The Labute approximate surface area is 262 Å². The summed E-state index contributed by atoms with van der Waals surface area (Å²) in [6, 6.07) is 0. The predicted octanol–water partition coefficient (Wildman–Crippen LogP) is 9.41. The van der Waals surface area contributed by atoms with E-state index in [0.717, 1.165) is 77.4 Å². The van der Waals surface area contributed by atoms with Gasteiger partial charge in [-0.25, -0.2) is 0 Å². The van der Waals surface area contributed by atoms with Crippen LogP contribution >= 0.6 is 0 Å². The zero-order chi connectivity index (χ0) is 31.4. The molecular formula is C36H74N2O4. The van der Waals surface area contributed by atoms with Gasteiger partial charge in [0.1, 0.15) is 12.4 Å². The lowest BCUT2D eigenvalue weighted by Gasteiger charge is -2.22. The molecule has 252 valence electrons. The van der Waals surface area contributed by atoms with E-state index in [-0.39, 0.29) is 12.1 Å². The van der Waals surface area contributed by atoms with E-state index < -0.39 is 0 Å². The monoisotopic (exact) mass is 599 g/mol. The summed E-state index contributed by atoms with van der Waals surface area (Å²) in [5.41, 5.74) is 5.72. The Kier molecular flexibility index (Phi) is 39.1. The van der Waals surface area contributed by atoms with Crippen LogP contribution in [0.1, 0.15) is 174 Å². The number of carbonyl (C=O) groups excluding carboxylic acids is 2. The van der Waals surface area contributed by atoms with Crippen LogP contribution in [0.5, 0.6) is 0 Å². The molecule has 0 rings (SSSR count). The number of nitrogens with two attached hydrogens (primary N) is 1. The van der Waals surface area contributed by atoms with Crippen LogP contribution in [-0.2, 0) is 19.1 Å². The SMILES string of the molecule is CCCCCCCCC(CCCCCCCC)OC(=O)CCCCCCCN(CCCN)CCCCCC=O.COC. The highest BCUT2D eigenvalue weighted by molar-refractivity contribution is 5.69. The molecule has 0 fully saturated rings. The van der Waals surface area contributed by atoms with Gasteiger partial charge in [-0.1, -0.05) is 104 Å². The predicted molar refractivity (Wildman–Crippen MR) is 181 cm³/mol. The van der Waals surface area contributed by atoms with Gasteiger partial charge in [-0.05, 0) is 84.0 Å². The van der Waals surface area contributed by atoms with Crippen molar-refractivity contribution < 1.29 is 19.1 Å². The topological polar surface area (TPSA) is 81.9 Å². The molecule has 0 aliphatic rings. The van der Waals surface area contributed by atoms with Gasteiger partial charge < -0.3 is 24.9 Å². The fourth-order valence-corrected chi connectivity index (χ4v) is 5.34. The molecule has 0 saturated heterocycles. The molecule has 0 aromatic rings. The Balaban J connectivity index is 0.